The zero-order chi connectivity index (χ0) is 11.4. The van der Waals surface area contributed by atoms with Crippen LogP contribution < -0.4 is 0 Å². The molecule has 0 unspecified atom stereocenters. The molecular weight excluding hydrogens is 224 g/mol. The van der Waals surface area contributed by atoms with Crippen LogP contribution in [0.15, 0.2) is 42.9 Å². The fourth-order valence-electron chi connectivity index (χ4n) is 1.35. The summed E-state index contributed by atoms with van der Waals surface area (Å²) in [4.78, 5) is 19.8. The lowest BCUT2D eigenvalue weighted by atomic mass is 10.1. The van der Waals surface area contributed by atoms with Gasteiger partial charge in [0, 0.05) is 29.2 Å². The number of halogens is 1. The van der Waals surface area contributed by atoms with E-state index in [9.17, 15) is 4.79 Å². The van der Waals surface area contributed by atoms with Gasteiger partial charge in [0.1, 0.15) is 0 Å². The third-order valence-electron chi connectivity index (χ3n) is 2.10. The van der Waals surface area contributed by atoms with Crippen LogP contribution in [0.2, 0.25) is 5.02 Å². The number of aromatic nitrogens is 2. The van der Waals surface area contributed by atoms with Gasteiger partial charge in [0.15, 0.2) is 5.78 Å². The van der Waals surface area contributed by atoms with Crippen LogP contribution in [0.5, 0.6) is 0 Å². The van der Waals surface area contributed by atoms with Crippen molar-refractivity contribution in [3.63, 3.8) is 0 Å². The predicted molar refractivity (Wildman–Crippen MR) is 61.5 cm³/mol. The number of rotatable bonds is 3. The molecule has 0 bridgehead atoms. The number of carbonyl (C=O) groups excluding carboxylic acids is 1. The molecule has 0 N–H and O–H groups in total. The van der Waals surface area contributed by atoms with Gasteiger partial charge in [-0.2, -0.15) is 0 Å². The van der Waals surface area contributed by atoms with Gasteiger partial charge in [-0.05, 0) is 12.1 Å². The molecule has 0 aliphatic rings. The number of hydrogen-bond acceptors (Lipinski definition) is 3. The molecule has 0 aliphatic carbocycles. The number of nitrogens with zero attached hydrogens (tertiary/aromatic N) is 2. The summed E-state index contributed by atoms with van der Waals surface area (Å²) in [6.45, 7) is 0. The van der Waals surface area contributed by atoms with Gasteiger partial charge in [-0.15, -0.1) is 0 Å². The van der Waals surface area contributed by atoms with Crippen molar-refractivity contribution in [3.8, 4) is 0 Å². The summed E-state index contributed by atoms with van der Waals surface area (Å²) in [6.07, 6.45) is 4.98. The normalized spacial score (nSPS) is 10.1. The van der Waals surface area contributed by atoms with Crippen molar-refractivity contribution < 1.29 is 4.79 Å². The van der Waals surface area contributed by atoms with Gasteiger partial charge in [0.2, 0.25) is 0 Å². The van der Waals surface area contributed by atoms with Crippen molar-refractivity contribution in [1.82, 2.24) is 9.97 Å². The van der Waals surface area contributed by atoms with E-state index in [0.717, 1.165) is 0 Å². The van der Waals surface area contributed by atoms with E-state index in [1.807, 2.05) is 0 Å². The molecule has 0 aliphatic heterocycles. The molecule has 1 heterocycles. The summed E-state index contributed by atoms with van der Waals surface area (Å²) in [6, 6.07) is 6.89. The summed E-state index contributed by atoms with van der Waals surface area (Å²) >= 11 is 5.81. The molecule has 4 heteroatoms. The van der Waals surface area contributed by atoms with Crippen molar-refractivity contribution in [1.29, 1.82) is 0 Å². The average molecular weight is 233 g/mol. The minimum Gasteiger partial charge on any atom is -0.294 e. The lowest BCUT2D eigenvalue weighted by molar-refractivity contribution is 0.0992. The first-order chi connectivity index (χ1) is 7.75. The highest BCUT2D eigenvalue weighted by Gasteiger charge is 2.07. The lowest BCUT2D eigenvalue weighted by Crippen LogP contribution is -2.05. The molecule has 1 aromatic heterocycles. The molecular formula is C12H9ClN2O. The van der Waals surface area contributed by atoms with Crippen molar-refractivity contribution in [2.24, 2.45) is 0 Å². The minimum atomic E-state index is -0.0111. The number of ketones is 1. The lowest BCUT2D eigenvalue weighted by Gasteiger charge is -2.00. The zero-order valence-electron chi connectivity index (χ0n) is 8.43. The SMILES string of the molecule is O=C(Cc1cnccn1)c1cccc(Cl)c1. The predicted octanol–water partition coefficient (Wildman–Crippen LogP) is 2.56. The Morgan fingerprint density at radius 2 is 2.19 bits per heavy atom. The first kappa shape index (κ1) is 10.8. The van der Waals surface area contributed by atoms with Crippen LogP contribution in [0.1, 0.15) is 16.1 Å². The van der Waals surface area contributed by atoms with E-state index in [0.29, 0.717) is 16.3 Å². The van der Waals surface area contributed by atoms with E-state index >= 15 is 0 Å². The van der Waals surface area contributed by atoms with Crippen molar-refractivity contribution in [2.45, 2.75) is 6.42 Å². The molecule has 1 aromatic carbocycles. The van der Waals surface area contributed by atoms with Gasteiger partial charge in [-0.1, -0.05) is 23.7 Å². The topological polar surface area (TPSA) is 42.9 Å². The van der Waals surface area contributed by atoms with E-state index in [2.05, 4.69) is 9.97 Å². The molecule has 0 atom stereocenters. The fourth-order valence-corrected chi connectivity index (χ4v) is 1.54. The van der Waals surface area contributed by atoms with Crippen LogP contribution in [-0.2, 0) is 6.42 Å². The second kappa shape index (κ2) is 4.86. The molecule has 0 spiro atoms. The Labute approximate surface area is 98.1 Å². The standard InChI is InChI=1S/C12H9ClN2O/c13-10-3-1-2-9(6-10)12(16)7-11-8-14-4-5-15-11/h1-6,8H,7H2. The van der Waals surface area contributed by atoms with Gasteiger partial charge in [0.05, 0.1) is 12.1 Å². The average Bonchev–Trinajstić information content (AvgIpc) is 2.30. The first-order valence-electron chi connectivity index (χ1n) is 4.79. The molecule has 80 valence electrons. The van der Waals surface area contributed by atoms with Crippen LogP contribution >= 0.6 is 11.6 Å². The molecule has 16 heavy (non-hydrogen) atoms. The largest absolute Gasteiger partial charge is 0.294 e. The van der Waals surface area contributed by atoms with Gasteiger partial charge in [-0.3, -0.25) is 14.8 Å². The second-order valence-electron chi connectivity index (χ2n) is 3.31. The van der Waals surface area contributed by atoms with Crippen molar-refractivity contribution in [3.05, 3.63) is 59.1 Å². The first-order valence-corrected chi connectivity index (χ1v) is 5.17. The number of hydrogen-bond donors (Lipinski definition) is 0. The molecule has 0 radical (unpaired) electrons. The van der Waals surface area contributed by atoms with Crippen molar-refractivity contribution in [2.75, 3.05) is 0 Å². The Hall–Kier alpha value is -1.74. The summed E-state index contributed by atoms with van der Waals surface area (Å²) in [5.74, 6) is -0.0111. The van der Waals surface area contributed by atoms with E-state index in [4.69, 9.17) is 11.6 Å². The molecule has 2 aromatic rings. The van der Waals surface area contributed by atoms with Crippen LogP contribution in [0.25, 0.3) is 0 Å². The van der Waals surface area contributed by atoms with Gasteiger partial charge in [-0.25, -0.2) is 0 Å². The van der Waals surface area contributed by atoms with Crippen LogP contribution in [0, 0.1) is 0 Å². The Morgan fingerprint density at radius 3 is 2.88 bits per heavy atom. The molecule has 0 saturated heterocycles. The molecule has 0 saturated carbocycles. The Morgan fingerprint density at radius 1 is 1.31 bits per heavy atom. The quantitative estimate of drug-likeness (QED) is 0.764. The third kappa shape index (κ3) is 2.64. The maximum absolute atomic E-state index is 11.8. The molecule has 2 rings (SSSR count). The Bertz CT molecular complexity index is 499. The highest BCUT2D eigenvalue weighted by molar-refractivity contribution is 6.31. The maximum Gasteiger partial charge on any atom is 0.168 e. The summed E-state index contributed by atoms with van der Waals surface area (Å²) < 4.78 is 0. The third-order valence-corrected chi connectivity index (χ3v) is 2.34. The number of benzene rings is 1. The second-order valence-corrected chi connectivity index (χ2v) is 3.74. The summed E-state index contributed by atoms with van der Waals surface area (Å²) in [7, 11) is 0. The highest BCUT2D eigenvalue weighted by atomic mass is 35.5. The number of carbonyl (C=O) groups is 1. The van der Waals surface area contributed by atoms with E-state index < -0.39 is 0 Å². The fraction of sp³-hybridized carbons (Fsp3) is 0.0833. The smallest absolute Gasteiger partial charge is 0.168 e. The Kier molecular flexibility index (Phi) is 3.27. The van der Waals surface area contributed by atoms with Gasteiger partial charge < -0.3 is 0 Å². The summed E-state index contributed by atoms with van der Waals surface area (Å²) in [5.41, 5.74) is 1.26. The maximum atomic E-state index is 11.8. The molecule has 0 fully saturated rings. The molecule has 0 amide bonds. The summed E-state index contributed by atoms with van der Waals surface area (Å²) in [5, 5.41) is 0.560. The van der Waals surface area contributed by atoms with E-state index in [1.54, 1.807) is 42.9 Å². The van der Waals surface area contributed by atoms with Crippen LogP contribution in [-0.4, -0.2) is 15.8 Å². The highest BCUT2D eigenvalue weighted by Crippen LogP contribution is 2.12. The number of Topliss-reactive ketones (excluding diaryl/α,β-unsaturated/α-hetero) is 1. The van der Waals surface area contributed by atoms with Gasteiger partial charge in [0.25, 0.3) is 0 Å². The molecule has 3 nitrogen and oxygen atoms in total. The van der Waals surface area contributed by atoms with E-state index in [-0.39, 0.29) is 12.2 Å². The van der Waals surface area contributed by atoms with Crippen molar-refractivity contribution >= 4 is 17.4 Å². The zero-order valence-corrected chi connectivity index (χ0v) is 9.19. The monoisotopic (exact) mass is 232 g/mol. The Balaban J connectivity index is 2.15. The van der Waals surface area contributed by atoms with Crippen LogP contribution in [0.4, 0.5) is 0 Å². The van der Waals surface area contributed by atoms with Gasteiger partial charge >= 0.3 is 0 Å². The van der Waals surface area contributed by atoms with Crippen LogP contribution in [0.3, 0.4) is 0 Å². The minimum absolute atomic E-state index is 0.0111. The van der Waals surface area contributed by atoms with E-state index in [1.165, 1.54) is 0 Å².